The maximum atomic E-state index is 11.8. The van der Waals surface area contributed by atoms with Gasteiger partial charge < -0.3 is 20.1 Å². The molecule has 1 heterocycles. The molecule has 0 spiro atoms. The lowest BCUT2D eigenvalue weighted by molar-refractivity contribution is -0.151. The van der Waals surface area contributed by atoms with Gasteiger partial charge in [-0.05, 0) is 49.4 Å². The molecule has 5 heteroatoms. The molecule has 0 aromatic rings. The first kappa shape index (κ1) is 18.6. The van der Waals surface area contributed by atoms with E-state index in [2.05, 4.69) is 13.5 Å². The van der Waals surface area contributed by atoms with Crippen molar-refractivity contribution < 1.29 is 24.9 Å². The molecule has 1 aliphatic heterocycles. The average molecular weight is 350 g/mol. The molecule has 2 saturated carbocycles. The standard InChI is InChI=1S/C20H30O5/c1-12-4-7-16-19(2,9-8-17(23)20(16,3)11-21)14(12)6-5-13-15(22)10-25-18(13)24/h5,14-17,21-23H,1,4,6-11H2,2-3H3/b13-5+. The van der Waals surface area contributed by atoms with Crippen LogP contribution in [0.25, 0.3) is 0 Å². The van der Waals surface area contributed by atoms with E-state index in [4.69, 9.17) is 4.74 Å². The fourth-order valence-electron chi connectivity index (χ4n) is 5.56. The number of ether oxygens (including phenoxy) is 1. The fourth-order valence-corrected chi connectivity index (χ4v) is 5.56. The molecular formula is C20H30O5. The Morgan fingerprint density at radius 3 is 2.64 bits per heavy atom. The molecule has 25 heavy (non-hydrogen) atoms. The SMILES string of the molecule is C=C1CCC2C(C)(CO)C(O)CCC2(C)C1C/C=C1/C(=O)OCC1O. The Bertz CT molecular complexity index is 597. The van der Waals surface area contributed by atoms with Crippen LogP contribution < -0.4 is 0 Å². The van der Waals surface area contributed by atoms with Gasteiger partial charge in [0, 0.05) is 5.41 Å². The Morgan fingerprint density at radius 2 is 2.04 bits per heavy atom. The minimum atomic E-state index is -0.844. The summed E-state index contributed by atoms with van der Waals surface area (Å²) >= 11 is 0. The van der Waals surface area contributed by atoms with Crippen LogP contribution in [0.15, 0.2) is 23.8 Å². The van der Waals surface area contributed by atoms with Gasteiger partial charge in [-0.25, -0.2) is 4.79 Å². The minimum Gasteiger partial charge on any atom is -0.459 e. The highest BCUT2D eigenvalue weighted by molar-refractivity contribution is 5.91. The third-order valence-corrected chi connectivity index (χ3v) is 7.23. The van der Waals surface area contributed by atoms with E-state index in [0.29, 0.717) is 18.4 Å². The largest absolute Gasteiger partial charge is 0.459 e. The highest BCUT2D eigenvalue weighted by Crippen LogP contribution is 2.61. The van der Waals surface area contributed by atoms with Crippen molar-refractivity contribution >= 4 is 5.97 Å². The first-order valence-electron chi connectivity index (χ1n) is 9.26. The highest BCUT2D eigenvalue weighted by Gasteiger charge is 2.57. The summed E-state index contributed by atoms with van der Waals surface area (Å²) < 4.78 is 4.90. The van der Waals surface area contributed by atoms with Crippen molar-refractivity contribution in [1.82, 2.24) is 0 Å². The lowest BCUT2D eigenvalue weighted by Gasteiger charge is -2.59. The maximum Gasteiger partial charge on any atom is 0.336 e. The molecule has 0 aromatic carbocycles. The van der Waals surface area contributed by atoms with Crippen molar-refractivity contribution in [2.24, 2.45) is 22.7 Å². The highest BCUT2D eigenvalue weighted by atomic mass is 16.6. The van der Waals surface area contributed by atoms with E-state index in [0.717, 1.165) is 24.8 Å². The van der Waals surface area contributed by atoms with Crippen LogP contribution in [0.2, 0.25) is 0 Å². The van der Waals surface area contributed by atoms with Gasteiger partial charge in [0.25, 0.3) is 0 Å². The predicted octanol–water partition coefficient (Wildman–Crippen LogP) is 1.96. The van der Waals surface area contributed by atoms with Crippen molar-refractivity contribution in [1.29, 1.82) is 0 Å². The summed E-state index contributed by atoms with van der Waals surface area (Å²) in [5, 5.41) is 30.4. The van der Waals surface area contributed by atoms with Crippen molar-refractivity contribution in [3.63, 3.8) is 0 Å². The van der Waals surface area contributed by atoms with Gasteiger partial charge in [0.15, 0.2) is 0 Å². The van der Waals surface area contributed by atoms with Gasteiger partial charge >= 0.3 is 5.97 Å². The fraction of sp³-hybridized carbons (Fsp3) is 0.750. The number of carbonyl (C=O) groups is 1. The molecule has 0 aromatic heterocycles. The molecule has 3 aliphatic rings. The molecule has 0 bridgehead atoms. The molecule has 6 unspecified atom stereocenters. The van der Waals surface area contributed by atoms with Crippen LogP contribution in [-0.2, 0) is 9.53 Å². The average Bonchev–Trinajstić information content (AvgIpc) is 2.89. The van der Waals surface area contributed by atoms with E-state index in [1.54, 1.807) is 0 Å². The van der Waals surface area contributed by atoms with Crippen molar-refractivity contribution in [2.45, 2.75) is 58.2 Å². The second-order valence-corrected chi connectivity index (χ2v) is 8.54. The number of hydrogen-bond acceptors (Lipinski definition) is 5. The predicted molar refractivity (Wildman–Crippen MR) is 93.6 cm³/mol. The van der Waals surface area contributed by atoms with Gasteiger partial charge in [-0.2, -0.15) is 0 Å². The Labute approximate surface area is 149 Å². The topological polar surface area (TPSA) is 87.0 Å². The zero-order valence-electron chi connectivity index (χ0n) is 15.2. The van der Waals surface area contributed by atoms with Gasteiger partial charge in [-0.3, -0.25) is 0 Å². The lowest BCUT2D eigenvalue weighted by atomic mass is 9.46. The van der Waals surface area contributed by atoms with E-state index in [-0.39, 0.29) is 30.5 Å². The lowest BCUT2D eigenvalue weighted by Crippen LogP contribution is -2.57. The summed E-state index contributed by atoms with van der Waals surface area (Å²) in [6.07, 6.45) is 4.42. The minimum absolute atomic E-state index is 0.0280. The monoisotopic (exact) mass is 350 g/mol. The summed E-state index contributed by atoms with van der Waals surface area (Å²) in [7, 11) is 0. The van der Waals surface area contributed by atoms with Gasteiger partial charge in [-0.15, -0.1) is 0 Å². The number of allylic oxidation sites excluding steroid dienone is 2. The molecule has 0 radical (unpaired) electrons. The first-order valence-corrected chi connectivity index (χ1v) is 9.26. The summed E-state index contributed by atoms with van der Waals surface area (Å²) in [5.41, 5.74) is 0.911. The van der Waals surface area contributed by atoms with Gasteiger partial charge in [-0.1, -0.05) is 32.1 Å². The van der Waals surface area contributed by atoms with Gasteiger partial charge in [0.1, 0.15) is 12.7 Å². The normalized spacial score (nSPS) is 46.2. The van der Waals surface area contributed by atoms with E-state index < -0.39 is 23.6 Å². The quantitative estimate of drug-likeness (QED) is 0.411. The summed E-state index contributed by atoms with van der Waals surface area (Å²) in [6.45, 7) is 8.50. The van der Waals surface area contributed by atoms with Gasteiger partial charge in [0.2, 0.25) is 0 Å². The molecule has 3 fully saturated rings. The van der Waals surface area contributed by atoms with Crippen LogP contribution in [0.5, 0.6) is 0 Å². The molecule has 3 rings (SSSR count). The summed E-state index contributed by atoms with van der Waals surface area (Å²) in [4.78, 5) is 11.8. The van der Waals surface area contributed by atoms with E-state index in [9.17, 15) is 20.1 Å². The molecule has 5 nitrogen and oxygen atoms in total. The van der Waals surface area contributed by atoms with Crippen LogP contribution >= 0.6 is 0 Å². The zero-order chi connectivity index (χ0) is 18.4. The van der Waals surface area contributed by atoms with E-state index in [1.165, 1.54) is 0 Å². The van der Waals surface area contributed by atoms with Crippen LogP contribution in [0, 0.1) is 22.7 Å². The second kappa shape index (κ2) is 6.53. The molecule has 3 N–H and O–H groups in total. The molecular weight excluding hydrogens is 320 g/mol. The van der Waals surface area contributed by atoms with Crippen molar-refractivity contribution in [3.8, 4) is 0 Å². The number of aliphatic hydroxyl groups excluding tert-OH is 3. The summed E-state index contributed by atoms with van der Waals surface area (Å²) in [6, 6.07) is 0. The molecule has 140 valence electrons. The van der Waals surface area contributed by atoms with Crippen molar-refractivity contribution in [2.75, 3.05) is 13.2 Å². The number of aliphatic hydroxyl groups is 3. The van der Waals surface area contributed by atoms with E-state index >= 15 is 0 Å². The number of hydrogen-bond donors (Lipinski definition) is 3. The van der Waals surface area contributed by atoms with Crippen molar-refractivity contribution in [3.05, 3.63) is 23.8 Å². The first-order chi connectivity index (χ1) is 11.7. The number of esters is 1. The third-order valence-electron chi connectivity index (χ3n) is 7.23. The Hall–Kier alpha value is -1.17. The second-order valence-electron chi connectivity index (χ2n) is 8.54. The number of cyclic esters (lactones) is 1. The van der Waals surface area contributed by atoms with Crippen LogP contribution in [-0.4, -0.2) is 46.7 Å². The smallest absolute Gasteiger partial charge is 0.336 e. The van der Waals surface area contributed by atoms with Crippen LogP contribution in [0.4, 0.5) is 0 Å². The maximum absolute atomic E-state index is 11.8. The number of carbonyl (C=O) groups excluding carboxylic acids is 1. The molecule has 1 saturated heterocycles. The van der Waals surface area contributed by atoms with Crippen LogP contribution in [0.3, 0.4) is 0 Å². The Morgan fingerprint density at radius 1 is 1.32 bits per heavy atom. The Balaban J connectivity index is 1.89. The zero-order valence-corrected chi connectivity index (χ0v) is 15.2. The van der Waals surface area contributed by atoms with E-state index in [1.807, 2.05) is 13.0 Å². The molecule has 2 aliphatic carbocycles. The van der Waals surface area contributed by atoms with Crippen LogP contribution in [0.1, 0.15) is 46.0 Å². The van der Waals surface area contributed by atoms with Gasteiger partial charge in [0.05, 0.1) is 18.3 Å². The molecule has 6 atom stereocenters. The number of rotatable bonds is 3. The number of fused-ring (bicyclic) bond motifs is 1. The molecule has 0 amide bonds. The third kappa shape index (κ3) is 2.86. The summed E-state index contributed by atoms with van der Waals surface area (Å²) in [5.74, 6) is -0.0734. The Kier molecular flexibility index (Phi) is 4.86.